The van der Waals surface area contributed by atoms with Crippen LogP contribution < -0.4 is 0 Å². The van der Waals surface area contributed by atoms with E-state index < -0.39 is 0 Å². The maximum absolute atomic E-state index is 9.50. The van der Waals surface area contributed by atoms with Crippen molar-refractivity contribution in [1.82, 2.24) is 4.98 Å². The molecule has 0 spiro atoms. The number of nitrogens with zero attached hydrogens (tertiary/aromatic N) is 4. The third-order valence-electron chi connectivity index (χ3n) is 3.52. The molecule has 122 valence electrons. The predicted molar refractivity (Wildman–Crippen MR) is 102 cm³/mol. The van der Waals surface area contributed by atoms with Crippen LogP contribution in [-0.2, 0) is 0 Å². The molecule has 0 atom stereocenters. The van der Waals surface area contributed by atoms with Crippen LogP contribution in [0.15, 0.2) is 64.8 Å². The topological polar surface area (TPSA) is 61.4 Å². The molecule has 0 aliphatic heterocycles. The summed E-state index contributed by atoms with van der Waals surface area (Å²) in [5.41, 5.74) is 4.24. The fourth-order valence-corrected chi connectivity index (χ4v) is 3.02. The maximum Gasteiger partial charge on any atom is 0.162 e. The van der Waals surface area contributed by atoms with Crippen molar-refractivity contribution in [3.63, 3.8) is 0 Å². The standard InChI is InChI=1S/C20H16N4S/c1-14-8-10-16(11-9-14)12-17(13-21)20-22-15(2)19(25-20)24-23-18-6-4-3-5-7-18/h3-12H,1-2H3/b17-12+,24-23?. The van der Waals surface area contributed by atoms with Crippen molar-refractivity contribution in [2.24, 2.45) is 10.2 Å². The van der Waals surface area contributed by atoms with Gasteiger partial charge in [-0.2, -0.15) is 5.26 Å². The van der Waals surface area contributed by atoms with Gasteiger partial charge in [-0.3, -0.25) is 0 Å². The molecule has 0 N–H and O–H groups in total. The molecule has 0 amide bonds. The SMILES string of the molecule is Cc1ccc(/C=C(\C#N)c2nc(C)c(N=Nc3ccccc3)s2)cc1. The number of hydrogen-bond donors (Lipinski definition) is 0. The fraction of sp³-hybridized carbons (Fsp3) is 0.100. The lowest BCUT2D eigenvalue weighted by Gasteiger charge is -1.96. The van der Waals surface area contributed by atoms with Crippen molar-refractivity contribution in [2.75, 3.05) is 0 Å². The zero-order valence-electron chi connectivity index (χ0n) is 14.0. The number of aromatic nitrogens is 1. The molecule has 1 heterocycles. The van der Waals surface area contributed by atoms with Gasteiger partial charge in [-0.15, -0.1) is 10.2 Å². The summed E-state index contributed by atoms with van der Waals surface area (Å²) in [7, 11) is 0. The smallest absolute Gasteiger partial charge is 0.162 e. The van der Waals surface area contributed by atoms with E-state index in [1.165, 1.54) is 16.9 Å². The van der Waals surface area contributed by atoms with Gasteiger partial charge in [0.15, 0.2) is 5.00 Å². The monoisotopic (exact) mass is 344 g/mol. The highest BCUT2D eigenvalue weighted by atomic mass is 32.1. The van der Waals surface area contributed by atoms with Gasteiger partial charge in [0.1, 0.15) is 11.1 Å². The van der Waals surface area contributed by atoms with Gasteiger partial charge >= 0.3 is 0 Å². The number of nitriles is 1. The largest absolute Gasteiger partial charge is 0.238 e. The van der Waals surface area contributed by atoms with E-state index in [1.54, 1.807) is 0 Å². The van der Waals surface area contributed by atoms with Crippen molar-refractivity contribution < 1.29 is 0 Å². The summed E-state index contributed by atoms with van der Waals surface area (Å²) < 4.78 is 0. The number of allylic oxidation sites excluding steroid dienone is 1. The number of benzene rings is 2. The lowest BCUT2D eigenvalue weighted by atomic mass is 10.1. The average Bonchev–Trinajstić information content (AvgIpc) is 3.01. The van der Waals surface area contributed by atoms with Crippen molar-refractivity contribution in [2.45, 2.75) is 13.8 Å². The summed E-state index contributed by atoms with van der Waals surface area (Å²) in [5, 5.41) is 19.4. The Labute approximate surface area is 150 Å². The Bertz CT molecular complexity index is 961. The lowest BCUT2D eigenvalue weighted by Crippen LogP contribution is -1.82. The summed E-state index contributed by atoms with van der Waals surface area (Å²) in [6.07, 6.45) is 1.84. The number of azo groups is 1. The van der Waals surface area contributed by atoms with Gasteiger partial charge in [-0.1, -0.05) is 59.4 Å². The van der Waals surface area contributed by atoms with E-state index in [9.17, 15) is 5.26 Å². The van der Waals surface area contributed by atoms with Crippen LogP contribution in [0, 0.1) is 25.2 Å². The van der Waals surface area contributed by atoms with E-state index in [0.717, 1.165) is 16.9 Å². The number of hydrogen-bond acceptors (Lipinski definition) is 5. The van der Waals surface area contributed by atoms with Crippen LogP contribution in [0.5, 0.6) is 0 Å². The summed E-state index contributed by atoms with van der Waals surface area (Å²) in [6, 6.07) is 19.8. The fourth-order valence-electron chi connectivity index (χ4n) is 2.17. The molecular weight excluding hydrogens is 328 g/mol. The van der Waals surface area contributed by atoms with Gasteiger partial charge in [-0.25, -0.2) is 4.98 Å². The Morgan fingerprint density at radius 1 is 1.04 bits per heavy atom. The first-order valence-electron chi connectivity index (χ1n) is 7.79. The molecule has 0 fully saturated rings. The first-order chi connectivity index (χ1) is 12.2. The van der Waals surface area contributed by atoms with Crippen molar-refractivity contribution in [1.29, 1.82) is 5.26 Å². The number of rotatable bonds is 4. The molecule has 0 saturated heterocycles. The van der Waals surface area contributed by atoms with E-state index in [0.29, 0.717) is 15.6 Å². The van der Waals surface area contributed by atoms with Crippen molar-refractivity contribution in [3.05, 3.63) is 76.4 Å². The van der Waals surface area contributed by atoms with E-state index in [4.69, 9.17) is 0 Å². The third kappa shape index (κ3) is 4.25. The van der Waals surface area contributed by atoms with Crippen LogP contribution in [0.3, 0.4) is 0 Å². The summed E-state index contributed by atoms with van der Waals surface area (Å²) >= 11 is 1.37. The number of aryl methyl sites for hydroxylation is 2. The second kappa shape index (κ2) is 7.65. The maximum atomic E-state index is 9.50. The highest BCUT2D eigenvalue weighted by Gasteiger charge is 2.11. The molecule has 25 heavy (non-hydrogen) atoms. The average molecular weight is 344 g/mol. The molecule has 0 aliphatic rings. The third-order valence-corrected chi connectivity index (χ3v) is 4.60. The molecule has 3 rings (SSSR count). The lowest BCUT2D eigenvalue weighted by molar-refractivity contribution is 1.18. The zero-order valence-corrected chi connectivity index (χ0v) is 14.8. The van der Waals surface area contributed by atoms with E-state index in [1.807, 2.05) is 74.5 Å². The summed E-state index contributed by atoms with van der Waals surface area (Å²) in [5.74, 6) is 0. The van der Waals surface area contributed by atoms with Crippen LogP contribution in [0.4, 0.5) is 10.7 Å². The van der Waals surface area contributed by atoms with Crippen molar-refractivity contribution in [3.8, 4) is 6.07 Å². The second-order valence-corrected chi connectivity index (χ2v) is 6.50. The van der Waals surface area contributed by atoms with Crippen molar-refractivity contribution >= 4 is 33.7 Å². The molecule has 3 aromatic rings. The summed E-state index contributed by atoms with van der Waals surface area (Å²) in [6.45, 7) is 3.91. The molecule has 0 unspecified atom stereocenters. The number of thiazole rings is 1. The van der Waals surface area contributed by atoms with Gasteiger partial charge < -0.3 is 0 Å². The van der Waals surface area contributed by atoms with Gasteiger partial charge in [0.05, 0.1) is 17.0 Å². The van der Waals surface area contributed by atoms with Gasteiger partial charge in [0.2, 0.25) is 0 Å². The highest BCUT2D eigenvalue weighted by molar-refractivity contribution is 7.16. The normalized spacial score (nSPS) is 11.6. The summed E-state index contributed by atoms with van der Waals surface area (Å²) in [4.78, 5) is 4.48. The van der Waals surface area contributed by atoms with E-state index >= 15 is 0 Å². The molecule has 0 aliphatic carbocycles. The molecule has 4 nitrogen and oxygen atoms in total. The Morgan fingerprint density at radius 2 is 1.76 bits per heavy atom. The Balaban J connectivity index is 1.88. The predicted octanol–water partition coefficient (Wildman–Crippen LogP) is 6.24. The minimum atomic E-state index is 0.526. The van der Waals surface area contributed by atoms with Crippen LogP contribution in [0.25, 0.3) is 11.6 Å². The van der Waals surface area contributed by atoms with E-state index in [-0.39, 0.29) is 0 Å². The molecule has 0 radical (unpaired) electrons. The minimum Gasteiger partial charge on any atom is -0.238 e. The van der Waals surface area contributed by atoms with E-state index in [2.05, 4.69) is 21.3 Å². The Hall–Kier alpha value is -3.10. The van der Waals surface area contributed by atoms with Gasteiger partial charge in [0, 0.05) is 0 Å². The molecule has 2 aromatic carbocycles. The first kappa shape index (κ1) is 16.7. The molecule has 0 saturated carbocycles. The highest BCUT2D eigenvalue weighted by Crippen LogP contribution is 2.33. The Kier molecular flexibility index (Phi) is 5.12. The second-order valence-electron chi connectivity index (χ2n) is 5.53. The van der Waals surface area contributed by atoms with Crippen LogP contribution in [-0.4, -0.2) is 4.98 Å². The van der Waals surface area contributed by atoms with Crippen LogP contribution >= 0.6 is 11.3 Å². The molecule has 0 bridgehead atoms. The van der Waals surface area contributed by atoms with Crippen LogP contribution in [0.2, 0.25) is 0 Å². The van der Waals surface area contributed by atoms with Gasteiger partial charge in [-0.05, 0) is 37.6 Å². The quantitative estimate of drug-likeness (QED) is 0.415. The molecule has 5 heteroatoms. The van der Waals surface area contributed by atoms with Gasteiger partial charge in [0.25, 0.3) is 0 Å². The first-order valence-corrected chi connectivity index (χ1v) is 8.60. The molecule has 1 aromatic heterocycles. The zero-order chi connectivity index (χ0) is 17.6. The molecular formula is C20H16N4S. The van der Waals surface area contributed by atoms with Crippen LogP contribution in [0.1, 0.15) is 21.8 Å². The Morgan fingerprint density at radius 3 is 2.44 bits per heavy atom. The minimum absolute atomic E-state index is 0.526.